The van der Waals surface area contributed by atoms with Crippen molar-refractivity contribution in [1.82, 2.24) is 0 Å². The zero-order valence-electron chi connectivity index (χ0n) is 7.96. The van der Waals surface area contributed by atoms with Gasteiger partial charge in [-0.15, -0.1) is 0 Å². The van der Waals surface area contributed by atoms with Gasteiger partial charge in [0.15, 0.2) is 0 Å². The normalized spacial score (nSPS) is 8.08. The maximum absolute atomic E-state index is 3.51. The molecule has 0 heterocycles. The summed E-state index contributed by atoms with van der Waals surface area (Å²) in [6.07, 6.45) is 6.89. The standard InChI is InChI=1S/C6H6.C6H10.Ru/c1-2-4-6-5-3-1;1-3-5-6-4-2;/h1-6H;3,5-6H,1,4H2,2H3;. The summed E-state index contributed by atoms with van der Waals surface area (Å²) < 4.78 is 0. The second kappa shape index (κ2) is 13.9. The molecule has 1 rings (SSSR count). The van der Waals surface area contributed by atoms with Crippen LogP contribution in [0.15, 0.2) is 61.2 Å². The first-order valence-corrected chi connectivity index (χ1v) is 4.19. The molecule has 0 aliphatic carbocycles. The maximum atomic E-state index is 3.51. The molecule has 0 bridgehead atoms. The minimum Gasteiger partial charge on any atom is -0.0991 e. The van der Waals surface area contributed by atoms with E-state index in [9.17, 15) is 0 Å². The molecule has 0 N–H and O–H groups in total. The fraction of sp³-hybridized carbons (Fsp3) is 0.167. The van der Waals surface area contributed by atoms with E-state index in [0.717, 1.165) is 6.42 Å². The second-order valence-electron chi connectivity index (χ2n) is 2.23. The Bertz CT molecular complexity index is 175. The fourth-order valence-electron chi connectivity index (χ4n) is 0.617. The molecule has 0 atom stereocenters. The summed E-state index contributed by atoms with van der Waals surface area (Å²) in [5, 5.41) is 0. The summed E-state index contributed by atoms with van der Waals surface area (Å²) in [6, 6.07) is 12.0. The Morgan fingerprint density at radius 2 is 1.38 bits per heavy atom. The Balaban J connectivity index is 0. The van der Waals surface area contributed by atoms with Gasteiger partial charge in [-0.25, -0.2) is 0 Å². The summed E-state index contributed by atoms with van der Waals surface area (Å²) in [5.74, 6) is 0. The molecule has 0 saturated carbocycles. The third-order valence-corrected chi connectivity index (χ3v) is 1.17. The van der Waals surface area contributed by atoms with Crippen molar-refractivity contribution in [2.75, 3.05) is 0 Å². The van der Waals surface area contributed by atoms with E-state index in [1.807, 2.05) is 42.5 Å². The van der Waals surface area contributed by atoms with Crippen molar-refractivity contribution in [3.63, 3.8) is 0 Å². The summed E-state index contributed by atoms with van der Waals surface area (Å²) in [4.78, 5) is 0. The monoisotopic (exact) mass is 262 g/mol. The van der Waals surface area contributed by atoms with E-state index in [-0.39, 0.29) is 19.5 Å². The smallest absolute Gasteiger partial charge is 0 e. The minimum absolute atomic E-state index is 0. The van der Waals surface area contributed by atoms with Gasteiger partial charge >= 0.3 is 0 Å². The molecule has 0 spiro atoms. The number of hydrogen-bond donors (Lipinski definition) is 0. The number of benzene rings is 1. The number of allylic oxidation sites excluding steroid dienone is 3. The van der Waals surface area contributed by atoms with Crippen molar-refractivity contribution in [2.45, 2.75) is 13.3 Å². The van der Waals surface area contributed by atoms with Gasteiger partial charge in [-0.1, -0.05) is 68.1 Å². The number of hydrogen-bond acceptors (Lipinski definition) is 0. The average molecular weight is 261 g/mol. The SMILES string of the molecule is C=CC=CCC.[Ru].c1ccccc1. The van der Waals surface area contributed by atoms with Crippen LogP contribution in [0.2, 0.25) is 0 Å². The predicted molar refractivity (Wildman–Crippen MR) is 56.1 cm³/mol. The molecule has 72 valence electrons. The van der Waals surface area contributed by atoms with Gasteiger partial charge in [0.1, 0.15) is 0 Å². The molecule has 0 fully saturated rings. The zero-order valence-corrected chi connectivity index (χ0v) is 9.70. The Hall–Kier alpha value is -0.677. The molecule has 0 nitrogen and oxygen atoms in total. The van der Waals surface area contributed by atoms with E-state index in [1.165, 1.54) is 0 Å². The molecule has 0 aliphatic rings. The Morgan fingerprint density at radius 1 is 1.00 bits per heavy atom. The van der Waals surface area contributed by atoms with Crippen molar-refractivity contribution < 1.29 is 19.5 Å². The van der Waals surface area contributed by atoms with Gasteiger partial charge in [-0.2, -0.15) is 0 Å². The van der Waals surface area contributed by atoms with Crippen molar-refractivity contribution in [3.8, 4) is 0 Å². The third-order valence-electron chi connectivity index (χ3n) is 1.17. The molecular formula is C12H16Ru. The van der Waals surface area contributed by atoms with Gasteiger partial charge in [-0.3, -0.25) is 0 Å². The first-order chi connectivity index (χ1) is 5.91. The van der Waals surface area contributed by atoms with E-state index < -0.39 is 0 Å². The van der Waals surface area contributed by atoms with Crippen LogP contribution in [0.5, 0.6) is 0 Å². The molecule has 1 aromatic carbocycles. The summed E-state index contributed by atoms with van der Waals surface area (Å²) in [6.45, 7) is 5.61. The summed E-state index contributed by atoms with van der Waals surface area (Å²) in [5.41, 5.74) is 0. The van der Waals surface area contributed by atoms with E-state index in [2.05, 4.69) is 19.6 Å². The zero-order chi connectivity index (χ0) is 9.07. The first kappa shape index (κ1) is 14.8. The van der Waals surface area contributed by atoms with Crippen LogP contribution in [0.25, 0.3) is 0 Å². The van der Waals surface area contributed by atoms with Crippen molar-refractivity contribution in [3.05, 3.63) is 61.2 Å². The van der Waals surface area contributed by atoms with Crippen molar-refractivity contribution in [2.24, 2.45) is 0 Å². The average Bonchev–Trinajstić information content (AvgIpc) is 2.18. The van der Waals surface area contributed by atoms with E-state index >= 15 is 0 Å². The van der Waals surface area contributed by atoms with Crippen LogP contribution in [0, 0.1) is 0 Å². The molecule has 0 aliphatic heterocycles. The van der Waals surface area contributed by atoms with Crippen molar-refractivity contribution in [1.29, 1.82) is 0 Å². The topological polar surface area (TPSA) is 0 Å². The predicted octanol–water partition coefficient (Wildman–Crippen LogP) is 3.82. The largest absolute Gasteiger partial charge is 0.0991 e. The number of rotatable bonds is 2. The van der Waals surface area contributed by atoms with Crippen LogP contribution in [-0.2, 0) is 19.5 Å². The Morgan fingerprint density at radius 3 is 1.54 bits per heavy atom. The van der Waals surface area contributed by atoms with Crippen LogP contribution < -0.4 is 0 Å². The van der Waals surface area contributed by atoms with Gasteiger partial charge in [-0.05, 0) is 6.42 Å². The van der Waals surface area contributed by atoms with Crippen LogP contribution in [0.3, 0.4) is 0 Å². The molecular weight excluding hydrogens is 245 g/mol. The summed E-state index contributed by atoms with van der Waals surface area (Å²) in [7, 11) is 0. The van der Waals surface area contributed by atoms with Crippen LogP contribution in [0.1, 0.15) is 13.3 Å². The van der Waals surface area contributed by atoms with Gasteiger partial charge in [0.2, 0.25) is 0 Å². The fourth-order valence-corrected chi connectivity index (χ4v) is 0.617. The van der Waals surface area contributed by atoms with Gasteiger partial charge < -0.3 is 0 Å². The second-order valence-corrected chi connectivity index (χ2v) is 2.23. The maximum Gasteiger partial charge on any atom is 0 e. The van der Waals surface area contributed by atoms with E-state index in [1.54, 1.807) is 6.08 Å². The molecule has 1 heteroatoms. The quantitative estimate of drug-likeness (QED) is 0.561. The minimum atomic E-state index is 0. The van der Waals surface area contributed by atoms with Gasteiger partial charge in [0, 0.05) is 19.5 Å². The van der Waals surface area contributed by atoms with E-state index in [0.29, 0.717) is 0 Å². The van der Waals surface area contributed by atoms with Gasteiger partial charge in [0.25, 0.3) is 0 Å². The molecule has 0 radical (unpaired) electrons. The first-order valence-electron chi connectivity index (χ1n) is 4.19. The molecule has 0 aromatic heterocycles. The Labute approximate surface area is 94.1 Å². The van der Waals surface area contributed by atoms with Crippen LogP contribution in [-0.4, -0.2) is 0 Å². The molecule has 0 unspecified atom stereocenters. The molecule has 1 aromatic rings. The Kier molecular flexibility index (Phi) is 15.8. The molecule has 0 saturated heterocycles. The van der Waals surface area contributed by atoms with Gasteiger partial charge in [0.05, 0.1) is 0 Å². The third kappa shape index (κ3) is 14.2. The van der Waals surface area contributed by atoms with Crippen LogP contribution in [0.4, 0.5) is 0 Å². The molecule has 13 heavy (non-hydrogen) atoms. The van der Waals surface area contributed by atoms with Crippen molar-refractivity contribution >= 4 is 0 Å². The van der Waals surface area contributed by atoms with Crippen LogP contribution >= 0.6 is 0 Å². The van der Waals surface area contributed by atoms with E-state index in [4.69, 9.17) is 0 Å². The molecule has 0 amide bonds. The summed E-state index contributed by atoms with van der Waals surface area (Å²) >= 11 is 0.